The lowest BCUT2D eigenvalue weighted by molar-refractivity contribution is -0.126. The minimum absolute atomic E-state index is 0.0777. The number of rotatable bonds is 5. The van der Waals surface area contributed by atoms with Crippen molar-refractivity contribution in [3.8, 4) is 0 Å². The molecule has 4 rings (SSSR count). The molecule has 4 bridgehead atoms. The van der Waals surface area contributed by atoms with Crippen molar-refractivity contribution in [3.05, 3.63) is 12.7 Å². The van der Waals surface area contributed by atoms with Crippen LogP contribution in [0.2, 0.25) is 0 Å². The zero-order valence-corrected chi connectivity index (χ0v) is 12.0. The number of hydrogen-bond acceptors (Lipinski definition) is 2. The second-order valence-electron chi connectivity index (χ2n) is 6.99. The van der Waals surface area contributed by atoms with E-state index in [0.717, 1.165) is 17.8 Å². The normalized spacial score (nSPS) is 37.5. The molecule has 0 spiro atoms. The van der Waals surface area contributed by atoms with Gasteiger partial charge in [-0.05, 0) is 62.4 Å². The largest absolute Gasteiger partial charge is 0.352 e. The van der Waals surface area contributed by atoms with E-state index in [9.17, 15) is 9.59 Å². The molecular formula is C16H24N2O2. The molecule has 0 aromatic rings. The Morgan fingerprint density at radius 2 is 1.65 bits per heavy atom. The fraction of sp³-hybridized carbons (Fsp3) is 0.750. The molecule has 0 heterocycles. The number of carbonyl (C=O) groups excluding carboxylic acids is 2. The van der Waals surface area contributed by atoms with Crippen LogP contribution in [0.5, 0.6) is 0 Å². The topological polar surface area (TPSA) is 58.2 Å². The molecule has 0 atom stereocenters. The standard InChI is InChI=1S/C16H24N2O2/c1-2-14(19)17-4-3-15(20)18-16-8-11-5-12(9-16)7-13(6-11)10-16/h2,11-13H,1,3-10H2,(H,17,19)(H,18,20). The maximum atomic E-state index is 12.1. The van der Waals surface area contributed by atoms with Crippen LogP contribution in [-0.4, -0.2) is 23.9 Å². The molecule has 2 amide bonds. The molecule has 0 unspecified atom stereocenters. The monoisotopic (exact) mass is 276 g/mol. The highest BCUT2D eigenvalue weighted by Crippen LogP contribution is 2.55. The van der Waals surface area contributed by atoms with E-state index in [4.69, 9.17) is 0 Å². The Kier molecular flexibility index (Phi) is 3.57. The maximum absolute atomic E-state index is 12.1. The van der Waals surface area contributed by atoms with E-state index in [0.29, 0.717) is 13.0 Å². The molecule has 0 aliphatic heterocycles. The molecule has 2 N–H and O–H groups in total. The lowest BCUT2D eigenvalue weighted by atomic mass is 9.53. The van der Waals surface area contributed by atoms with Crippen LogP contribution in [0.15, 0.2) is 12.7 Å². The van der Waals surface area contributed by atoms with E-state index in [1.807, 2.05) is 0 Å². The Morgan fingerprint density at radius 1 is 1.10 bits per heavy atom. The van der Waals surface area contributed by atoms with Crippen LogP contribution in [0, 0.1) is 17.8 Å². The quantitative estimate of drug-likeness (QED) is 0.752. The first-order valence-electron chi connectivity index (χ1n) is 7.80. The molecule has 0 aromatic carbocycles. The average Bonchev–Trinajstić information content (AvgIpc) is 2.36. The lowest BCUT2D eigenvalue weighted by Crippen LogP contribution is -2.60. The fourth-order valence-electron chi connectivity index (χ4n) is 4.99. The number of nitrogens with one attached hydrogen (secondary N) is 2. The predicted molar refractivity (Wildman–Crippen MR) is 76.9 cm³/mol. The Balaban J connectivity index is 1.51. The summed E-state index contributed by atoms with van der Waals surface area (Å²) in [6, 6.07) is 0. The Hall–Kier alpha value is -1.32. The molecule has 0 radical (unpaired) electrons. The third-order valence-corrected chi connectivity index (χ3v) is 5.28. The van der Waals surface area contributed by atoms with E-state index in [1.165, 1.54) is 44.6 Å². The van der Waals surface area contributed by atoms with Crippen LogP contribution in [0.1, 0.15) is 44.9 Å². The maximum Gasteiger partial charge on any atom is 0.243 e. The Morgan fingerprint density at radius 3 is 2.15 bits per heavy atom. The summed E-state index contributed by atoms with van der Waals surface area (Å²) in [5.41, 5.74) is 0.0777. The average molecular weight is 276 g/mol. The van der Waals surface area contributed by atoms with Gasteiger partial charge >= 0.3 is 0 Å². The molecule has 4 aliphatic carbocycles. The molecule has 4 heteroatoms. The molecule has 4 aliphatic rings. The predicted octanol–water partition coefficient (Wildman–Crippen LogP) is 1.76. The van der Waals surface area contributed by atoms with Crippen LogP contribution < -0.4 is 10.6 Å². The van der Waals surface area contributed by atoms with Gasteiger partial charge in [0.2, 0.25) is 11.8 Å². The second kappa shape index (κ2) is 5.23. The van der Waals surface area contributed by atoms with Gasteiger partial charge < -0.3 is 10.6 Å². The summed E-state index contributed by atoms with van der Waals surface area (Å²) in [5, 5.41) is 5.95. The molecule has 0 saturated heterocycles. The van der Waals surface area contributed by atoms with Crippen molar-refractivity contribution in [2.75, 3.05) is 6.54 Å². The molecule has 20 heavy (non-hydrogen) atoms. The third kappa shape index (κ3) is 2.74. The van der Waals surface area contributed by atoms with Crippen molar-refractivity contribution >= 4 is 11.8 Å². The molecule has 4 saturated carbocycles. The second-order valence-corrected chi connectivity index (χ2v) is 6.99. The van der Waals surface area contributed by atoms with Crippen LogP contribution >= 0.6 is 0 Å². The lowest BCUT2D eigenvalue weighted by Gasteiger charge is -2.56. The summed E-state index contributed by atoms with van der Waals surface area (Å²) in [4.78, 5) is 23.2. The summed E-state index contributed by atoms with van der Waals surface area (Å²) in [5.74, 6) is 2.37. The third-order valence-electron chi connectivity index (χ3n) is 5.28. The van der Waals surface area contributed by atoms with Crippen molar-refractivity contribution in [2.24, 2.45) is 17.8 Å². The van der Waals surface area contributed by atoms with Crippen LogP contribution in [-0.2, 0) is 9.59 Å². The van der Waals surface area contributed by atoms with Gasteiger partial charge in [0.15, 0.2) is 0 Å². The van der Waals surface area contributed by atoms with Crippen LogP contribution in [0.4, 0.5) is 0 Å². The van der Waals surface area contributed by atoms with Gasteiger partial charge in [-0.25, -0.2) is 0 Å². The molecule has 110 valence electrons. The van der Waals surface area contributed by atoms with E-state index in [1.54, 1.807) is 0 Å². The minimum atomic E-state index is -0.215. The van der Waals surface area contributed by atoms with Gasteiger partial charge in [-0.15, -0.1) is 0 Å². The van der Waals surface area contributed by atoms with E-state index in [2.05, 4.69) is 17.2 Å². The summed E-state index contributed by atoms with van der Waals surface area (Å²) in [7, 11) is 0. The van der Waals surface area contributed by atoms with Gasteiger partial charge in [0, 0.05) is 18.5 Å². The zero-order valence-electron chi connectivity index (χ0n) is 12.0. The number of hydrogen-bond donors (Lipinski definition) is 2. The van der Waals surface area contributed by atoms with E-state index in [-0.39, 0.29) is 17.4 Å². The first kappa shape index (κ1) is 13.7. The summed E-state index contributed by atoms with van der Waals surface area (Å²) in [6.07, 6.45) is 9.25. The van der Waals surface area contributed by atoms with Gasteiger partial charge in [0.05, 0.1) is 0 Å². The Bertz CT molecular complexity index is 395. The van der Waals surface area contributed by atoms with Crippen molar-refractivity contribution < 1.29 is 9.59 Å². The van der Waals surface area contributed by atoms with Gasteiger partial charge in [-0.2, -0.15) is 0 Å². The Labute approximate surface area is 120 Å². The smallest absolute Gasteiger partial charge is 0.243 e. The van der Waals surface area contributed by atoms with Gasteiger partial charge in [-0.1, -0.05) is 6.58 Å². The highest BCUT2D eigenvalue weighted by Gasteiger charge is 2.51. The SMILES string of the molecule is C=CC(=O)NCCC(=O)NC12CC3CC(CC(C3)C1)C2. The van der Waals surface area contributed by atoms with E-state index >= 15 is 0 Å². The molecule has 4 fully saturated rings. The number of amides is 2. The molecule has 0 aromatic heterocycles. The molecule has 4 nitrogen and oxygen atoms in total. The van der Waals surface area contributed by atoms with Gasteiger partial charge in [-0.3, -0.25) is 9.59 Å². The van der Waals surface area contributed by atoms with E-state index < -0.39 is 0 Å². The summed E-state index contributed by atoms with van der Waals surface area (Å²) in [6.45, 7) is 3.78. The van der Waals surface area contributed by atoms with Crippen LogP contribution in [0.3, 0.4) is 0 Å². The first-order valence-corrected chi connectivity index (χ1v) is 7.80. The van der Waals surface area contributed by atoms with Crippen molar-refractivity contribution in [1.29, 1.82) is 0 Å². The summed E-state index contributed by atoms with van der Waals surface area (Å²) >= 11 is 0. The highest BCUT2D eigenvalue weighted by molar-refractivity contribution is 5.87. The molecular weight excluding hydrogens is 252 g/mol. The van der Waals surface area contributed by atoms with Gasteiger partial charge in [0.25, 0.3) is 0 Å². The van der Waals surface area contributed by atoms with Crippen molar-refractivity contribution in [1.82, 2.24) is 10.6 Å². The van der Waals surface area contributed by atoms with Gasteiger partial charge in [0.1, 0.15) is 0 Å². The number of carbonyl (C=O) groups is 2. The van der Waals surface area contributed by atoms with Crippen molar-refractivity contribution in [3.63, 3.8) is 0 Å². The van der Waals surface area contributed by atoms with Crippen molar-refractivity contribution in [2.45, 2.75) is 50.5 Å². The minimum Gasteiger partial charge on any atom is -0.352 e. The first-order chi connectivity index (χ1) is 9.58. The fourth-order valence-corrected chi connectivity index (χ4v) is 4.99. The van der Waals surface area contributed by atoms with Crippen LogP contribution in [0.25, 0.3) is 0 Å². The summed E-state index contributed by atoms with van der Waals surface area (Å²) < 4.78 is 0. The zero-order chi connectivity index (χ0) is 14.2. The highest BCUT2D eigenvalue weighted by atomic mass is 16.2.